The van der Waals surface area contributed by atoms with Gasteiger partial charge in [0.1, 0.15) is 5.75 Å². The van der Waals surface area contributed by atoms with Gasteiger partial charge in [0.2, 0.25) is 0 Å². The summed E-state index contributed by atoms with van der Waals surface area (Å²) in [5.74, 6) is -1.06. The monoisotopic (exact) mass is 554 g/mol. The SMILES string of the molecule is COc1ccc(Cl)cc1NC(=O)COc1ccc(C(=O)OCC(=O)N(C)C2CCS(=O)(=O)C2)cc1OC. The number of rotatable bonds is 10. The van der Waals surface area contributed by atoms with Crippen molar-refractivity contribution in [2.45, 2.75) is 12.5 Å². The number of esters is 1. The van der Waals surface area contributed by atoms with Gasteiger partial charge in [-0.05, 0) is 42.8 Å². The van der Waals surface area contributed by atoms with Crippen LogP contribution in [0.3, 0.4) is 0 Å². The number of nitrogens with zero attached hydrogens (tertiary/aromatic N) is 1. The van der Waals surface area contributed by atoms with Crippen LogP contribution in [0, 0.1) is 0 Å². The predicted molar refractivity (Wildman–Crippen MR) is 135 cm³/mol. The van der Waals surface area contributed by atoms with Crippen molar-refractivity contribution >= 4 is 44.9 Å². The Kier molecular flexibility index (Phi) is 9.22. The van der Waals surface area contributed by atoms with Gasteiger partial charge in [-0.25, -0.2) is 13.2 Å². The van der Waals surface area contributed by atoms with Crippen LogP contribution in [-0.4, -0.2) is 83.1 Å². The predicted octanol–water partition coefficient (Wildman–Crippen LogP) is 2.18. The van der Waals surface area contributed by atoms with E-state index in [1.165, 1.54) is 50.4 Å². The van der Waals surface area contributed by atoms with E-state index in [1.807, 2.05) is 0 Å². The van der Waals surface area contributed by atoms with E-state index in [-0.39, 0.29) is 35.2 Å². The zero-order chi connectivity index (χ0) is 27.2. The van der Waals surface area contributed by atoms with Gasteiger partial charge in [0.05, 0.1) is 37.0 Å². The number of carbonyl (C=O) groups is 3. The van der Waals surface area contributed by atoms with E-state index in [9.17, 15) is 22.8 Å². The Morgan fingerprint density at radius 2 is 1.73 bits per heavy atom. The van der Waals surface area contributed by atoms with Crippen molar-refractivity contribution < 1.29 is 41.7 Å². The second kappa shape index (κ2) is 12.2. The lowest BCUT2D eigenvalue weighted by atomic mass is 10.2. The Bertz CT molecular complexity index is 1280. The molecule has 0 spiro atoms. The number of anilines is 1. The van der Waals surface area contributed by atoms with E-state index < -0.39 is 40.3 Å². The topological polar surface area (TPSA) is 138 Å². The van der Waals surface area contributed by atoms with Crippen LogP contribution in [0.1, 0.15) is 16.8 Å². The largest absolute Gasteiger partial charge is 0.495 e. The lowest BCUT2D eigenvalue weighted by molar-refractivity contribution is -0.134. The molecular weight excluding hydrogens is 528 g/mol. The number of benzene rings is 2. The van der Waals surface area contributed by atoms with Crippen molar-refractivity contribution in [3.8, 4) is 17.2 Å². The van der Waals surface area contributed by atoms with Crippen molar-refractivity contribution in [2.24, 2.45) is 0 Å². The molecule has 13 heteroatoms. The van der Waals surface area contributed by atoms with E-state index >= 15 is 0 Å². The molecule has 2 amide bonds. The third kappa shape index (κ3) is 7.49. The van der Waals surface area contributed by atoms with Crippen LogP contribution in [0.25, 0.3) is 0 Å². The van der Waals surface area contributed by atoms with Gasteiger partial charge in [-0.15, -0.1) is 0 Å². The summed E-state index contributed by atoms with van der Waals surface area (Å²) in [7, 11) is 1.15. The van der Waals surface area contributed by atoms with Crippen LogP contribution in [0.4, 0.5) is 5.69 Å². The minimum atomic E-state index is -3.15. The highest BCUT2D eigenvalue weighted by Crippen LogP contribution is 2.30. The number of ether oxygens (including phenoxy) is 4. The van der Waals surface area contributed by atoms with Gasteiger partial charge >= 0.3 is 5.97 Å². The lowest BCUT2D eigenvalue weighted by Gasteiger charge is -2.23. The van der Waals surface area contributed by atoms with Gasteiger partial charge in [0.25, 0.3) is 11.8 Å². The zero-order valence-electron chi connectivity index (χ0n) is 20.5. The molecule has 11 nitrogen and oxygen atoms in total. The molecule has 1 fully saturated rings. The number of hydrogen-bond acceptors (Lipinski definition) is 9. The molecule has 1 atom stereocenters. The number of likely N-dealkylation sites (N-methyl/N-ethyl adjacent to an activating group) is 1. The van der Waals surface area contributed by atoms with Gasteiger partial charge in [-0.3, -0.25) is 9.59 Å². The van der Waals surface area contributed by atoms with E-state index in [1.54, 1.807) is 12.1 Å². The first-order valence-corrected chi connectivity index (χ1v) is 13.3. The molecule has 0 aliphatic carbocycles. The summed E-state index contributed by atoms with van der Waals surface area (Å²) < 4.78 is 44.3. The lowest BCUT2D eigenvalue weighted by Crippen LogP contribution is -2.40. The molecule has 37 heavy (non-hydrogen) atoms. The fraction of sp³-hybridized carbons (Fsp3) is 0.375. The minimum absolute atomic E-state index is 0.0275. The molecule has 0 aromatic heterocycles. The molecule has 1 saturated heterocycles. The van der Waals surface area contributed by atoms with E-state index in [0.29, 0.717) is 22.9 Å². The molecule has 1 aliphatic rings. The molecule has 1 unspecified atom stereocenters. The Labute approximate surface area is 219 Å². The molecule has 1 heterocycles. The molecule has 200 valence electrons. The van der Waals surface area contributed by atoms with Crippen LogP contribution >= 0.6 is 11.6 Å². The Hall–Kier alpha value is -3.51. The highest BCUT2D eigenvalue weighted by Gasteiger charge is 2.33. The summed E-state index contributed by atoms with van der Waals surface area (Å²) in [6.45, 7) is -0.910. The quantitative estimate of drug-likeness (QED) is 0.438. The summed E-state index contributed by atoms with van der Waals surface area (Å²) in [4.78, 5) is 38.5. The standard InChI is InChI=1S/C24H27ClN2O9S/c1-27(17-8-9-37(31,32)14-17)23(29)13-36-24(30)15-4-6-20(21(10-15)34-3)35-12-22(28)26-18-11-16(25)5-7-19(18)33-2/h4-7,10-11,17H,8-9,12-14H2,1-3H3,(H,26,28). The Morgan fingerprint density at radius 3 is 2.38 bits per heavy atom. The van der Waals surface area contributed by atoms with Crippen LogP contribution in [-0.2, 0) is 24.2 Å². The number of halogens is 1. The van der Waals surface area contributed by atoms with Crippen molar-refractivity contribution in [1.82, 2.24) is 4.90 Å². The van der Waals surface area contributed by atoms with Gasteiger partial charge < -0.3 is 29.2 Å². The average molecular weight is 555 g/mol. The van der Waals surface area contributed by atoms with Crippen molar-refractivity contribution in [1.29, 1.82) is 0 Å². The molecule has 0 bridgehead atoms. The van der Waals surface area contributed by atoms with Crippen LogP contribution in [0.2, 0.25) is 5.02 Å². The Balaban J connectivity index is 1.55. The van der Waals surface area contributed by atoms with Crippen molar-refractivity contribution in [3.05, 3.63) is 47.0 Å². The maximum Gasteiger partial charge on any atom is 0.338 e. The number of hydrogen-bond donors (Lipinski definition) is 1. The maximum atomic E-state index is 12.5. The van der Waals surface area contributed by atoms with Gasteiger partial charge in [0, 0.05) is 18.1 Å². The molecule has 1 N–H and O–H groups in total. The molecule has 3 rings (SSSR count). The molecule has 1 aliphatic heterocycles. The first kappa shape index (κ1) is 28.1. The number of nitrogens with one attached hydrogen (secondary N) is 1. The second-order valence-electron chi connectivity index (χ2n) is 8.18. The van der Waals surface area contributed by atoms with E-state index in [2.05, 4.69) is 5.32 Å². The third-order valence-corrected chi connectivity index (χ3v) is 7.66. The fourth-order valence-electron chi connectivity index (χ4n) is 3.62. The van der Waals surface area contributed by atoms with E-state index in [0.717, 1.165) is 0 Å². The normalized spacial score (nSPS) is 15.9. The average Bonchev–Trinajstić information content (AvgIpc) is 3.24. The van der Waals surface area contributed by atoms with E-state index in [4.69, 9.17) is 30.5 Å². The van der Waals surface area contributed by atoms with Gasteiger partial charge in [-0.1, -0.05) is 11.6 Å². The van der Waals surface area contributed by atoms with Crippen LogP contribution in [0.15, 0.2) is 36.4 Å². The summed E-state index contributed by atoms with van der Waals surface area (Å²) >= 11 is 5.97. The summed E-state index contributed by atoms with van der Waals surface area (Å²) in [5.41, 5.74) is 0.472. The number of methoxy groups -OCH3 is 2. The first-order valence-electron chi connectivity index (χ1n) is 11.1. The van der Waals surface area contributed by atoms with Crippen LogP contribution in [0.5, 0.6) is 17.2 Å². The highest BCUT2D eigenvalue weighted by atomic mass is 35.5. The van der Waals surface area contributed by atoms with Crippen molar-refractivity contribution in [3.63, 3.8) is 0 Å². The molecule has 2 aromatic carbocycles. The zero-order valence-corrected chi connectivity index (χ0v) is 22.1. The number of amides is 2. The minimum Gasteiger partial charge on any atom is -0.495 e. The summed E-state index contributed by atoms with van der Waals surface area (Å²) in [6, 6.07) is 8.52. The Morgan fingerprint density at radius 1 is 1.03 bits per heavy atom. The van der Waals surface area contributed by atoms with Crippen LogP contribution < -0.4 is 19.5 Å². The fourth-order valence-corrected chi connectivity index (χ4v) is 5.56. The highest BCUT2D eigenvalue weighted by molar-refractivity contribution is 7.91. The molecule has 0 radical (unpaired) electrons. The first-order chi connectivity index (χ1) is 17.5. The number of sulfone groups is 1. The summed E-state index contributed by atoms with van der Waals surface area (Å²) in [6.07, 6.45) is 0.349. The molecular formula is C24H27ClN2O9S. The smallest absolute Gasteiger partial charge is 0.338 e. The third-order valence-electron chi connectivity index (χ3n) is 5.67. The molecule has 0 saturated carbocycles. The second-order valence-corrected chi connectivity index (χ2v) is 10.8. The maximum absolute atomic E-state index is 12.5. The van der Waals surface area contributed by atoms with Crippen molar-refractivity contribution in [2.75, 3.05) is 51.3 Å². The number of carbonyl (C=O) groups excluding carboxylic acids is 3. The van der Waals surface area contributed by atoms with Gasteiger partial charge in [-0.2, -0.15) is 0 Å². The summed E-state index contributed by atoms with van der Waals surface area (Å²) in [5, 5.41) is 3.06. The molecule has 2 aromatic rings. The van der Waals surface area contributed by atoms with Gasteiger partial charge in [0.15, 0.2) is 34.6 Å².